The summed E-state index contributed by atoms with van der Waals surface area (Å²) >= 11 is 0. The number of hydrogen-bond acceptors (Lipinski definition) is 1. The van der Waals surface area contributed by atoms with Gasteiger partial charge in [0.1, 0.15) is 0 Å². The average molecular weight is 692 g/mol. The molecule has 4 bridgehead atoms. The first-order valence-electron chi connectivity index (χ1n) is 19.9. The molecule has 8 aromatic carbocycles. The Morgan fingerprint density at radius 2 is 1.06 bits per heavy atom. The number of benzene rings is 8. The van der Waals surface area contributed by atoms with Crippen molar-refractivity contribution in [3.05, 3.63) is 187 Å². The largest absolute Gasteiger partial charge is 0.310 e. The van der Waals surface area contributed by atoms with Gasteiger partial charge < -0.3 is 4.90 Å². The molecule has 0 radical (unpaired) electrons. The van der Waals surface area contributed by atoms with Gasteiger partial charge in [0.15, 0.2) is 0 Å². The molecule has 0 saturated heterocycles. The molecule has 54 heavy (non-hydrogen) atoms. The Bertz CT molecular complexity index is 2750. The van der Waals surface area contributed by atoms with E-state index in [0.29, 0.717) is 0 Å². The van der Waals surface area contributed by atoms with Crippen LogP contribution in [0.3, 0.4) is 0 Å². The monoisotopic (exact) mass is 691 g/mol. The third kappa shape index (κ3) is 4.33. The Labute approximate surface area is 317 Å². The Hall–Kier alpha value is -5.92. The molecule has 8 aromatic rings. The second-order valence-corrected chi connectivity index (χ2v) is 16.5. The highest BCUT2D eigenvalue weighted by atomic mass is 15.1. The van der Waals surface area contributed by atoms with E-state index < -0.39 is 0 Å². The van der Waals surface area contributed by atoms with Crippen molar-refractivity contribution >= 4 is 38.6 Å². The van der Waals surface area contributed by atoms with Gasteiger partial charge in [-0.2, -0.15) is 0 Å². The summed E-state index contributed by atoms with van der Waals surface area (Å²) in [6.45, 7) is 0. The maximum absolute atomic E-state index is 2.60. The molecule has 0 N–H and O–H groups in total. The van der Waals surface area contributed by atoms with E-state index in [0.717, 1.165) is 35.0 Å². The number of anilines is 3. The number of nitrogens with zero attached hydrogens (tertiary/aromatic N) is 1. The maximum atomic E-state index is 2.60. The lowest BCUT2D eigenvalue weighted by Crippen LogP contribution is -2.40. The summed E-state index contributed by atoms with van der Waals surface area (Å²) < 4.78 is 0. The SMILES string of the molecule is c1ccc2c(c1)-c1ccc(-c3ccc(N(c4ccc(-c5ccc6ccccc6c5)cc4)c4cccc5ccccc45)cc3)cc1C21C2CC3CC(C2)C1C3. The van der Waals surface area contributed by atoms with Gasteiger partial charge in [0.05, 0.1) is 5.69 Å². The highest BCUT2D eigenvalue weighted by molar-refractivity contribution is 5.99. The molecule has 5 aliphatic rings. The van der Waals surface area contributed by atoms with Gasteiger partial charge in [-0.25, -0.2) is 0 Å². The fraction of sp³-hybridized carbons (Fsp3) is 0.170. The molecule has 5 aliphatic carbocycles. The van der Waals surface area contributed by atoms with Crippen molar-refractivity contribution in [3.8, 4) is 33.4 Å². The third-order valence-corrected chi connectivity index (χ3v) is 14.0. The molecule has 0 amide bonds. The third-order valence-electron chi connectivity index (χ3n) is 14.0. The quantitative estimate of drug-likeness (QED) is 0.174. The van der Waals surface area contributed by atoms with Crippen LogP contribution in [-0.2, 0) is 5.41 Å². The van der Waals surface area contributed by atoms with Gasteiger partial charge in [0, 0.05) is 22.2 Å². The number of fused-ring (bicyclic) bond motifs is 5. The van der Waals surface area contributed by atoms with Crippen molar-refractivity contribution in [2.75, 3.05) is 4.90 Å². The van der Waals surface area contributed by atoms with Crippen LogP contribution in [0.4, 0.5) is 17.1 Å². The van der Waals surface area contributed by atoms with Crippen LogP contribution in [0.2, 0.25) is 0 Å². The van der Waals surface area contributed by atoms with Gasteiger partial charge in [0.2, 0.25) is 0 Å². The first kappa shape index (κ1) is 30.5. The van der Waals surface area contributed by atoms with E-state index in [9.17, 15) is 0 Å². The van der Waals surface area contributed by atoms with E-state index in [1.54, 1.807) is 11.1 Å². The second-order valence-electron chi connectivity index (χ2n) is 16.5. The minimum atomic E-state index is 0.198. The normalized spacial score (nSPS) is 23.0. The minimum absolute atomic E-state index is 0.198. The summed E-state index contributed by atoms with van der Waals surface area (Å²) in [7, 11) is 0. The molecule has 13 rings (SSSR count). The zero-order valence-electron chi connectivity index (χ0n) is 30.3. The van der Waals surface area contributed by atoms with Crippen molar-refractivity contribution in [1.29, 1.82) is 0 Å². The van der Waals surface area contributed by atoms with E-state index in [1.165, 1.54) is 86.3 Å². The summed E-state index contributed by atoms with van der Waals surface area (Å²) in [6.07, 6.45) is 5.70. The zero-order chi connectivity index (χ0) is 35.4. The average Bonchev–Trinajstić information content (AvgIpc) is 3.78. The molecular formula is C53H41N. The molecule has 4 saturated carbocycles. The summed E-state index contributed by atoms with van der Waals surface area (Å²) in [6, 6.07) is 66.0. The predicted octanol–water partition coefficient (Wildman–Crippen LogP) is 14.1. The zero-order valence-corrected chi connectivity index (χ0v) is 30.3. The first-order chi connectivity index (χ1) is 26.7. The van der Waals surface area contributed by atoms with Crippen LogP contribution in [0.15, 0.2) is 176 Å². The summed E-state index contributed by atoms with van der Waals surface area (Å²) in [5.41, 5.74) is 15.0. The van der Waals surface area contributed by atoms with Crippen molar-refractivity contribution in [2.24, 2.45) is 23.7 Å². The van der Waals surface area contributed by atoms with E-state index in [1.807, 2.05) is 0 Å². The standard InChI is InChI=1S/C53H41N/c1-2-10-39-31-40(17-16-35(39)8-1)36-18-23-44(24-19-36)54(52-15-7-11-38-9-3-4-12-46(38)52)45-25-20-37(21-26-45)41-22-27-48-47-13-5-6-14-49(47)53(51(48)33-41)43-29-34-28-42(32-43)50(53)30-34/h1-27,31,33-34,42-43,50H,28-30,32H2. The molecule has 1 nitrogen and oxygen atoms in total. The summed E-state index contributed by atoms with van der Waals surface area (Å²) in [5, 5.41) is 5.02. The lowest BCUT2D eigenvalue weighted by atomic mass is 9.59. The molecule has 0 heterocycles. The van der Waals surface area contributed by atoms with Crippen LogP contribution in [0.25, 0.3) is 54.9 Å². The molecule has 5 unspecified atom stereocenters. The van der Waals surface area contributed by atoms with Crippen LogP contribution >= 0.6 is 0 Å². The van der Waals surface area contributed by atoms with Crippen LogP contribution in [-0.4, -0.2) is 0 Å². The second kappa shape index (κ2) is 11.5. The van der Waals surface area contributed by atoms with Crippen LogP contribution in [0.1, 0.15) is 36.8 Å². The first-order valence-corrected chi connectivity index (χ1v) is 19.9. The molecule has 0 aromatic heterocycles. The molecule has 258 valence electrons. The summed E-state index contributed by atoms with van der Waals surface area (Å²) in [4.78, 5) is 2.43. The van der Waals surface area contributed by atoms with Gasteiger partial charge in [-0.05, 0) is 152 Å². The molecule has 5 atom stereocenters. The topological polar surface area (TPSA) is 3.24 Å². The molecule has 1 spiro atoms. The lowest BCUT2D eigenvalue weighted by Gasteiger charge is -2.44. The van der Waals surface area contributed by atoms with Crippen LogP contribution < -0.4 is 4.90 Å². The van der Waals surface area contributed by atoms with Gasteiger partial charge in [0.25, 0.3) is 0 Å². The fourth-order valence-corrected chi connectivity index (χ4v) is 12.0. The van der Waals surface area contributed by atoms with E-state index in [4.69, 9.17) is 0 Å². The fourth-order valence-electron chi connectivity index (χ4n) is 12.0. The highest BCUT2D eigenvalue weighted by Crippen LogP contribution is 2.73. The molecule has 4 fully saturated rings. The van der Waals surface area contributed by atoms with E-state index in [-0.39, 0.29) is 5.41 Å². The van der Waals surface area contributed by atoms with Gasteiger partial charge >= 0.3 is 0 Å². The Kier molecular flexibility index (Phi) is 6.52. The smallest absolute Gasteiger partial charge is 0.0540 e. The van der Waals surface area contributed by atoms with Crippen molar-refractivity contribution in [1.82, 2.24) is 0 Å². The minimum Gasteiger partial charge on any atom is -0.310 e. The van der Waals surface area contributed by atoms with Crippen LogP contribution in [0.5, 0.6) is 0 Å². The molecule has 0 aliphatic heterocycles. The van der Waals surface area contributed by atoms with E-state index >= 15 is 0 Å². The van der Waals surface area contributed by atoms with Crippen LogP contribution in [0, 0.1) is 23.7 Å². The number of hydrogen-bond donors (Lipinski definition) is 0. The maximum Gasteiger partial charge on any atom is 0.0540 e. The number of rotatable bonds is 5. The van der Waals surface area contributed by atoms with Crippen molar-refractivity contribution in [3.63, 3.8) is 0 Å². The van der Waals surface area contributed by atoms with Gasteiger partial charge in [-0.3, -0.25) is 0 Å². The molecular weight excluding hydrogens is 651 g/mol. The van der Waals surface area contributed by atoms with Gasteiger partial charge in [-0.15, -0.1) is 0 Å². The summed E-state index contributed by atoms with van der Waals surface area (Å²) in [5.74, 6) is 3.43. The van der Waals surface area contributed by atoms with Crippen molar-refractivity contribution < 1.29 is 0 Å². The Morgan fingerprint density at radius 1 is 0.426 bits per heavy atom. The predicted molar refractivity (Wildman–Crippen MR) is 226 cm³/mol. The Morgan fingerprint density at radius 3 is 1.85 bits per heavy atom. The lowest BCUT2D eigenvalue weighted by molar-refractivity contribution is 0.191. The van der Waals surface area contributed by atoms with Gasteiger partial charge in [-0.1, -0.05) is 133 Å². The van der Waals surface area contributed by atoms with E-state index in [2.05, 4.69) is 181 Å². The highest BCUT2D eigenvalue weighted by Gasteiger charge is 2.65. The van der Waals surface area contributed by atoms with Crippen molar-refractivity contribution in [2.45, 2.75) is 31.1 Å². The molecule has 1 heteroatoms. The Balaban J connectivity index is 0.945.